The number of amides is 2. The third-order valence-corrected chi connectivity index (χ3v) is 4.25. The van der Waals surface area contributed by atoms with E-state index < -0.39 is 0 Å². The highest BCUT2D eigenvalue weighted by atomic mass is 19.1. The van der Waals surface area contributed by atoms with Crippen LogP contribution in [0.5, 0.6) is 0 Å². The predicted molar refractivity (Wildman–Crippen MR) is 94.8 cm³/mol. The molecule has 0 radical (unpaired) electrons. The van der Waals surface area contributed by atoms with E-state index in [1.54, 1.807) is 41.7 Å². The van der Waals surface area contributed by atoms with Crippen molar-refractivity contribution in [1.29, 1.82) is 0 Å². The van der Waals surface area contributed by atoms with E-state index in [4.69, 9.17) is 4.74 Å². The summed E-state index contributed by atoms with van der Waals surface area (Å²) in [6.07, 6.45) is 4.25. The molecule has 138 valence electrons. The van der Waals surface area contributed by atoms with Crippen molar-refractivity contribution in [2.45, 2.75) is 6.10 Å². The Morgan fingerprint density at radius 2 is 2.07 bits per heavy atom. The fourth-order valence-corrected chi connectivity index (χ4v) is 2.84. The van der Waals surface area contributed by atoms with Gasteiger partial charge >= 0.3 is 6.03 Å². The summed E-state index contributed by atoms with van der Waals surface area (Å²) in [5, 5.41) is 6.83. The predicted octanol–water partition coefficient (Wildman–Crippen LogP) is 2.41. The van der Waals surface area contributed by atoms with Gasteiger partial charge in [-0.3, -0.25) is 0 Å². The number of urea groups is 1. The van der Waals surface area contributed by atoms with Crippen molar-refractivity contribution < 1.29 is 13.9 Å². The number of halogens is 1. The van der Waals surface area contributed by atoms with Crippen LogP contribution in [0.3, 0.4) is 0 Å². The molecule has 1 aliphatic rings. The smallest absolute Gasteiger partial charge is 0.322 e. The first-order valence-corrected chi connectivity index (χ1v) is 8.43. The molecule has 9 heteroatoms. The quantitative estimate of drug-likeness (QED) is 0.767. The normalized spacial score (nSPS) is 16.9. The van der Waals surface area contributed by atoms with Gasteiger partial charge in [-0.2, -0.15) is 5.10 Å². The minimum Gasteiger partial charge on any atom is -0.370 e. The third kappa shape index (κ3) is 3.93. The molecule has 1 atom stereocenters. The molecular weight excluding hydrogens is 351 g/mol. The van der Waals surface area contributed by atoms with E-state index in [2.05, 4.69) is 20.4 Å². The zero-order chi connectivity index (χ0) is 18.6. The summed E-state index contributed by atoms with van der Waals surface area (Å²) in [4.78, 5) is 22.4. The van der Waals surface area contributed by atoms with Crippen LogP contribution in [0.15, 0.2) is 55.2 Å². The maximum absolute atomic E-state index is 13.1. The molecular formula is C18H17FN6O2. The van der Waals surface area contributed by atoms with Gasteiger partial charge in [0.05, 0.1) is 25.0 Å². The number of aromatic nitrogens is 4. The Labute approximate surface area is 154 Å². The highest BCUT2D eigenvalue weighted by Crippen LogP contribution is 2.23. The van der Waals surface area contributed by atoms with E-state index in [0.29, 0.717) is 31.2 Å². The topological polar surface area (TPSA) is 85.2 Å². The van der Waals surface area contributed by atoms with E-state index in [1.807, 2.05) is 0 Å². The number of carbonyl (C=O) groups excluding carboxylic acids is 1. The molecule has 2 aromatic heterocycles. The van der Waals surface area contributed by atoms with Crippen molar-refractivity contribution in [1.82, 2.24) is 24.6 Å². The molecule has 0 saturated carbocycles. The second kappa shape index (κ2) is 7.50. The molecule has 2 amide bonds. The Kier molecular flexibility index (Phi) is 4.75. The van der Waals surface area contributed by atoms with Gasteiger partial charge in [0.1, 0.15) is 24.6 Å². The van der Waals surface area contributed by atoms with Gasteiger partial charge in [0.2, 0.25) is 0 Å². The molecule has 4 rings (SSSR count). The van der Waals surface area contributed by atoms with E-state index in [0.717, 1.165) is 5.56 Å². The molecule has 0 bridgehead atoms. The number of morpholine rings is 1. The van der Waals surface area contributed by atoms with Gasteiger partial charge in [-0.25, -0.2) is 23.8 Å². The SMILES string of the molecule is O=C(Nc1ccc(-n2cncn2)nc1)N1CCOC(c2ccc(F)cc2)C1. The number of nitrogens with one attached hydrogen (secondary N) is 1. The van der Waals surface area contributed by atoms with Crippen LogP contribution in [0.4, 0.5) is 14.9 Å². The molecule has 1 fully saturated rings. The molecule has 3 aromatic rings. The van der Waals surface area contributed by atoms with Gasteiger partial charge in [-0.15, -0.1) is 0 Å². The number of rotatable bonds is 3. The van der Waals surface area contributed by atoms with Gasteiger partial charge in [0, 0.05) is 6.54 Å². The van der Waals surface area contributed by atoms with Crippen molar-refractivity contribution in [3.8, 4) is 5.82 Å². The average Bonchev–Trinajstić information content (AvgIpc) is 3.24. The van der Waals surface area contributed by atoms with Crippen LogP contribution in [0.2, 0.25) is 0 Å². The summed E-state index contributed by atoms with van der Waals surface area (Å²) >= 11 is 0. The Morgan fingerprint density at radius 3 is 2.78 bits per heavy atom. The molecule has 3 heterocycles. The van der Waals surface area contributed by atoms with Crippen LogP contribution in [0.1, 0.15) is 11.7 Å². The van der Waals surface area contributed by atoms with E-state index >= 15 is 0 Å². The summed E-state index contributed by atoms with van der Waals surface area (Å²) in [6, 6.07) is 9.38. The van der Waals surface area contributed by atoms with Crippen molar-refractivity contribution in [3.63, 3.8) is 0 Å². The zero-order valence-corrected chi connectivity index (χ0v) is 14.3. The van der Waals surface area contributed by atoms with Crippen molar-refractivity contribution in [2.24, 2.45) is 0 Å². The largest absolute Gasteiger partial charge is 0.370 e. The number of pyridine rings is 1. The lowest BCUT2D eigenvalue weighted by atomic mass is 10.1. The minimum atomic E-state index is -0.300. The standard InChI is InChI=1S/C18H17FN6O2/c19-14-3-1-13(2-4-14)16-10-24(7-8-27-16)18(26)23-15-5-6-17(21-9-15)25-12-20-11-22-25/h1-6,9,11-12,16H,7-8,10H2,(H,23,26). The number of benzene rings is 1. The average molecular weight is 368 g/mol. The highest BCUT2D eigenvalue weighted by Gasteiger charge is 2.25. The maximum Gasteiger partial charge on any atom is 0.322 e. The Hall–Kier alpha value is -3.33. The lowest BCUT2D eigenvalue weighted by Crippen LogP contribution is -2.44. The van der Waals surface area contributed by atoms with Gasteiger partial charge in [-0.05, 0) is 29.8 Å². The van der Waals surface area contributed by atoms with Crippen LogP contribution in [-0.4, -0.2) is 50.4 Å². The van der Waals surface area contributed by atoms with Gasteiger partial charge in [-0.1, -0.05) is 12.1 Å². The Bertz CT molecular complexity index is 899. The molecule has 1 N–H and O–H groups in total. The summed E-state index contributed by atoms with van der Waals surface area (Å²) in [5.41, 5.74) is 1.42. The first-order chi connectivity index (χ1) is 13.2. The molecule has 1 aromatic carbocycles. The summed E-state index contributed by atoms with van der Waals surface area (Å²) in [6.45, 7) is 1.29. The third-order valence-electron chi connectivity index (χ3n) is 4.25. The first-order valence-electron chi connectivity index (χ1n) is 8.43. The van der Waals surface area contributed by atoms with Crippen LogP contribution in [0.25, 0.3) is 5.82 Å². The van der Waals surface area contributed by atoms with Gasteiger partial charge < -0.3 is 15.0 Å². The summed E-state index contributed by atoms with van der Waals surface area (Å²) < 4.78 is 20.3. The highest BCUT2D eigenvalue weighted by molar-refractivity contribution is 5.89. The van der Waals surface area contributed by atoms with Crippen LogP contribution < -0.4 is 5.32 Å². The lowest BCUT2D eigenvalue weighted by molar-refractivity contribution is -0.0135. The number of hydrogen-bond donors (Lipinski definition) is 1. The Morgan fingerprint density at radius 1 is 1.22 bits per heavy atom. The number of ether oxygens (including phenoxy) is 1. The van der Waals surface area contributed by atoms with Crippen molar-refractivity contribution in [2.75, 3.05) is 25.0 Å². The van der Waals surface area contributed by atoms with Gasteiger partial charge in [0.25, 0.3) is 0 Å². The van der Waals surface area contributed by atoms with Crippen LogP contribution in [0, 0.1) is 5.82 Å². The molecule has 27 heavy (non-hydrogen) atoms. The fourth-order valence-electron chi connectivity index (χ4n) is 2.84. The molecule has 0 spiro atoms. The van der Waals surface area contributed by atoms with Crippen LogP contribution >= 0.6 is 0 Å². The molecule has 1 unspecified atom stereocenters. The van der Waals surface area contributed by atoms with Gasteiger partial charge in [0.15, 0.2) is 5.82 Å². The number of nitrogens with zero attached hydrogens (tertiary/aromatic N) is 5. The van der Waals surface area contributed by atoms with Crippen LogP contribution in [-0.2, 0) is 4.74 Å². The molecule has 1 aliphatic heterocycles. The maximum atomic E-state index is 13.1. The monoisotopic (exact) mass is 368 g/mol. The Balaban J connectivity index is 1.39. The molecule has 0 aliphatic carbocycles. The van der Waals surface area contributed by atoms with E-state index in [9.17, 15) is 9.18 Å². The van der Waals surface area contributed by atoms with Crippen molar-refractivity contribution in [3.05, 3.63) is 66.6 Å². The number of anilines is 1. The minimum absolute atomic E-state index is 0.235. The van der Waals surface area contributed by atoms with E-state index in [1.165, 1.54) is 23.1 Å². The molecule has 8 nitrogen and oxygen atoms in total. The second-order valence-corrected chi connectivity index (χ2v) is 6.03. The van der Waals surface area contributed by atoms with E-state index in [-0.39, 0.29) is 18.0 Å². The summed E-state index contributed by atoms with van der Waals surface area (Å²) in [5.74, 6) is 0.305. The zero-order valence-electron chi connectivity index (χ0n) is 14.3. The second-order valence-electron chi connectivity index (χ2n) is 6.03. The number of carbonyl (C=O) groups is 1. The lowest BCUT2D eigenvalue weighted by Gasteiger charge is -2.33. The molecule has 1 saturated heterocycles. The summed E-state index contributed by atoms with van der Waals surface area (Å²) in [7, 11) is 0. The fraction of sp³-hybridized carbons (Fsp3) is 0.222. The number of hydrogen-bond acceptors (Lipinski definition) is 5. The first kappa shape index (κ1) is 17.1. The van der Waals surface area contributed by atoms with Crippen molar-refractivity contribution >= 4 is 11.7 Å².